The van der Waals surface area contributed by atoms with Gasteiger partial charge >= 0.3 is 0 Å². The molecule has 0 saturated carbocycles. The van der Waals surface area contributed by atoms with Crippen molar-refractivity contribution in [1.82, 2.24) is 5.32 Å². The zero-order chi connectivity index (χ0) is 22.5. The predicted molar refractivity (Wildman–Crippen MR) is 131 cm³/mol. The number of nitrogens with zero attached hydrogens (tertiary/aromatic N) is 1. The third-order valence-electron chi connectivity index (χ3n) is 4.85. The van der Waals surface area contributed by atoms with Crippen LogP contribution >= 0.6 is 23.4 Å². The van der Waals surface area contributed by atoms with Gasteiger partial charge in [-0.1, -0.05) is 41.9 Å². The molecule has 1 amide bonds. The molecule has 0 atom stereocenters. The highest BCUT2D eigenvalue weighted by atomic mass is 35.5. The number of rotatable bonds is 6. The van der Waals surface area contributed by atoms with Gasteiger partial charge in [0.15, 0.2) is 5.17 Å². The number of methoxy groups -OCH3 is 1. The molecular formula is C25H21ClN2O3S. The van der Waals surface area contributed by atoms with Gasteiger partial charge in [0.25, 0.3) is 5.91 Å². The van der Waals surface area contributed by atoms with Gasteiger partial charge in [-0.15, -0.1) is 0 Å². The van der Waals surface area contributed by atoms with E-state index in [1.807, 2.05) is 79.7 Å². The zero-order valence-electron chi connectivity index (χ0n) is 17.6. The minimum atomic E-state index is -0.173. The predicted octanol–water partition coefficient (Wildman–Crippen LogP) is 6.13. The Morgan fingerprint density at radius 2 is 1.75 bits per heavy atom. The normalized spacial score (nSPS) is 15.8. The number of halogens is 1. The summed E-state index contributed by atoms with van der Waals surface area (Å²) in [6.45, 7) is 2.36. The molecule has 4 rings (SSSR count). The number of thioether (sulfide) groups is 1. The topological polar surface area (TPSA) is 59.9 Å². The molecule has 0 radical (unpaired) electrons. The molecule has 0 unspecified atom stereocenters. The second-order valence-electron chi connectivity index (χ2n) is 7.07. The van der Waals surface area contributed by atoms with Crippen molar-refractivity contribution in [2.24, 2.45) is 4.99 Å². The monoisotopic (exact) mass is 464 g/mol. The largest absolute Gasteiger partial charge is 0.497 e. The number of hydrogen-bond acceptors (Lipinski definition) is 5. The van der Waals surface area contributed by atoms with Crippen LogP contribution in [-0.4, -0.2) is 18.2 Å². The number of ether oxygens (including phenoxy) is 2. The van der Waals surface area contributed by atoms with E-state index in [0.717, 1.165) is 33.9 Å². The second kappa shape index (κ2) is 9.94. The molecule has 3 aromatic rings. The molecule has 1 aliphatic heterocycles. The van der Waals surface area contributed by atoms with E-state index in [2.05, 4.69) is 10.3 Å². The van der Waals surface area contributed by atoms with Crippen LogP contribution in [0.25, 0.3) is 6.08 Å². The molecule has 162 valence electrons. The van der Waals surface area contributed by atoms with Crippen molar-refractivity contribution in [3.05, 3.63) is 93.3 Å². The van der Waals surface area contributed by atoms with Gasteiger partial charge in [0.05, 0.1) is 17.7 Å². The number of carbonyl (C=O) groups excluding carboxylic acids is 1. The van der Waals surface area contributed by atoms with Crippen molar-refractivity contribution in [3.63, 3.8) is 0 Å². The van der Waals surface area contributed by atoms with Crippen molar-refractivity contribution in [3.8, 4) is 11.5 Å². The van der Waals surface area contributed by atoms with Gasteiger partial charge in [-0.05, 0) is 77.9 Å². The molecule has 3 aromatic carbocycles. The first-order chi connectivity index (χ1) is 15.5. The van der Waals surface area contributed by atoms with Crippen LogP contribution in [0.1, 0.15) is 16.7 Å². The summed E-state index contributed by atoms with van der Waals surface area (Å²) in [7, 11) is 1.64. The molecule has 1 N–H and O–H groups in total. The Hall–Kier alpha value is -3.22. The molecule has 1 saturated heterocycles. The molecule has 5 nitrogen and oxygen atoms in total. The summed E-state index contributed by atoms with van der Waals surface area (Å²) in [4.78, 5) is 17.5. The van der Waals surface area contributed by atoms with Gasteiger partial charge in [0.2, 0.25) is 0 Å². The van der Waals surface area contributed by atoms with Gasteiger partial charge in [-0.25, -0.2) is 4.99 Å². The average molecular weight is 465 g/mol. The van der Waals surface area contributed by atoms with E-state index in [1.54, 1.807) is 7.11 Å². The first-order valence-electron chi connectivity index (χ1n) is 9.92. The number of amidine groups is 1. The molecule has 0 bridgehead atoms. The Kier molecular flexibility index (Phi) is 6.83. The van der Waals surface area contributed by atoms with E-state index in [0.29, 0.717) is 21.7 Å². The lowest BCUT2D eigenvalue weighted by Crippen LogP contribution is -2.19. The molecule has 1 aliphatic rings. The lowest BCUT2D eigenvalue weighted by Gasteiger charge is -2.07. The summed E-state index contributed by atoms with van der Waals surface area (Å²) in [5, 5.41) is 3.98. The molecular weight excluding hydrogens is 444 g/mol. The summed E-state index contributed by atoms with van der Waals surface area (Å²) < 4.78 is 11.0. The molecule has 1 heterocycles. The highest BCUT2D eigenvalue weighted by Crippen LogP contribution is 2.31. The van der Waals surface area contributed by atoms with E-state index < -0.39 is 0 Å². The maximum absolute atomic E-state index is 12.4. The minimum Gasteiger partial charge on any atom is -0.497 e. The van der Waals surface area contributed by atoms with Gasteiger partial charge in [-0.2, -0.15) is 0 Å². The first-order valence-corrected chi connectivity index (χ1v) is 11.1. The van der Waals surface area contributed by atoms with Crippen molar-refractivity contribution >= 4 is 46.2 Å². The molecule has 1 fully saturated rings. The number of carbonyl (C=O) groups is 1. The lowest BCUT2D eigenvalue weighted by atomic mass is 10.2. The number of benzene rings is 3. The fourth-order valence-corrected chi connectivity index (χ4v) is 4.01. The highest BCUT2D eigenvalue weighted by molar-refractivity contribution is 8.18. The van der Waals surface area contributed by atoms with E-state index in [1.165, 1.54) is 11.8 Å². The zero-order valence-corrected chi connectivity index (χ0v) is 19.2. The summed E-state index contributed by atoms with van der Waals surface area (Å²) >= 11 is 7.46. The Morgan fingerprint density at radius 1 is 1.03 bits per heavy atom. The summed E-state index contributed by atoms with van der Waals surface area (Å²) in [5.74, 6) is 1.40. The number of amides is 1. The van der Waals surface area contributed by atoms with Gasteiger partial charge in [0.1, 0.15) is 18.1 Å². The molecule has 32 heavy (non-hydrogen) atoms. The van der Waals surface area contributed by atoms with Crippen LogP contribution in [0.3, 0.4) is 0 Å². The van der Waals surface area contributed by atoms with Crippen LogP contribution < -0.4 is 14.8 Å². The van der Waals surface area contributed by atoms with Crippen molar-refractivity contribution in [2.45, 2.75) is 13.5 Å². The highest BCUT2D eigenvalue weighted by Gasteiger charge is 2.24. The van der Waals surface area contributed by atoms with Crippen molar-refractivity contribution < 1.29 is 14.3 Å². The van der Waals surface area contributed by atoms with Crippen LogP contribution in [-0.2, 0) is 11.4 Å². The Balaban J connectivity index is 1.40. The summed E-state index contributed by atoms with van der Waals surface area (Å²) in [6.07, 6.45) is 1.83. The number of nitrogens with one attached hydrogen (secondary N) is 1. The standard InChI is InChI=1S/C25H21ClN2O3S/c1-16-21(26)4-3-5-22(16)27-25-28-24(29)23(32-25)14-17-6-12-20(13-7-17)31-15-18-8-10-19(30-2)11-9-18/h3-14H,15H2,1-2H3,(H,27,28,29)/b23-14-. The van der Waals surface area contributed by atoms with E-state index in [9.17, 15) is 4.79 Å². The number of hydrogen-bond donors (Lipinski definition) is 1. The minimum absolute atomic E-state index is 0.173. The smallest absolute Gasteiger partial charge is 0.264 e. The lowest BCUT2D eigenvalue weighted by molar-refractivity contribution is -0.115. The molecule has 0 aromatic heterocycles. The van der Waals surface area contributed by atoms with E-state index in [-0.39, 0.29) is 5.91 Å². The number of aliphatic imine (C=N–C) groups is 1. The quantitative estimate of drug-likeness (QED) is 0.446. The van der Waals surface area contributed by atoms with Crippen LogP contribution in [0, 0.1) is 6.92 Å². The Bertz CT molecular complexity index is 1190. The summed E-state index contributed by atoms with van der Waals surface area (Å²) in [6, 6.07) is 20.9. The Morgan fingerprint density at radius 3 is 2.47 bits per heavy atom. The van der Waals surface area contributed by atoms with E-state index >= 15 is 0 Å². The molecule has 0 aliphatic carbocycles. The average Bonchev–Trinajstić information content (AvgIpc) is 3.15. The maximum atomic E-state index is 12.4. The van der Waals surface area contributed by atoms with Gasteiger partial charge in [0, 0.05) is 5.02 Å². The first kappa shape index (κ1) is 22.0. The fourth-order valence-electron chi connectivity index (χ4n) is 3.01. The van der Waals surface area contributed by atoms with Crippen LogP contribution in [0.15, 0.2) is 76.6 Å². The van der Waals surface area contributed by atoms with Crippen LogP contribution in [0.2, 0.25) is 5.02 Å². The van der Waals surface area contributed by atoms with Gasteiger partial charge in [-0.3, -0.25) is 4.79 Å². The third-order valence-corrected chi connectivity index (χ3v) is 6.17. The molecule has 0 spiro atoms. The summed E-state index contributed by atoms with van der Waals surface area (Å²) in [5.41, 5.74) is 3.57. The third kappa shape index (κ3) is 5.33. The fraction of sp³-hybridized carbons (Fsp3) is 0.120. The van der Waals surface area contributed by atoms with Crippen LogP contribution in [0.5, 0.6) is 11.5 Å². The SMILES string of the molecule is COc1ccc(COc2ccc(/C=C3\SC(=Nc4cccc(Cl)c4C)NC3=O)cc2)cc1. The van der Waals surface area contributed by atoms with E-state index in [4.69, 9.17) is 21.1 Å². The van der Waals surface area contributed by atoms with Crippen molar-refractivity contribution in [1.29, 1.82) is 0 Å². The van der Waals surface area contributed by atoms with Crippen molar-refractivity contribution in [2.75, 3.05) is 7.11 Å². The maximum Gasteiger partial charge on any atom is 0.264 e. The van der Waals surface area contributed by atoms with Crippen LogP contribution in [0.4, 0.5) is 5.69 Å². The molecule has 7 heteroatoms. The van der Waals surface area contributed by atoms with Gasteiger partial charge < -0.3 is 14.8 Å². The Labute approximate surface area is 196 Å². The second-order valence-corrected chi connectivity index (χ2v) is 8.51.